The number of hydrogen-bond donors (Lipinski definition) is 2. The number of nitrogens with one attached hydrogen (secondary N) is 2. The van der Waals surface area contributed by atoms with Crippen molar-refractivity contribution < 1.29 is 9.18 Å². The van der Waals surface area contributed by atoms with Gasteiger partial charge < -0.3 is 15.5 Å². The van der Waals surface area contributed by atoms with Crippen molar-refractivity contribution in [3.8, 4) is 0 Å². The lowest BCUT2D eigenvalue weighted by atomic mass is 9.97. The third-order valence-corrected chi connectivity index (χ3v) is 6.18. The number of amides is 1. The average molecular weight is 421 g/mol. The van der Waals surface area contributed by atoms with Crippen molar-refractivity contribution in [1.82, 2.24) is 15.1 Å². The monoisotopic (exact) mass is 420 g/mol. The maximum atomic E-state index is 13.0. The number of carbonyl (C=O) groups excluding carboxylic acids is 1. The Bertz CT molecular complexity index is 661. The zero-order valence-electron chi connectivity index (χ0n) is 17.2. The molecule has 1 aliphatic heterocycles. The summed E-state index contributed by atoms with van der Waals surface area (Å²) in [4.78, 5) is 16.7. The van der Waals surface area contributed by atoms with Crippen LogP contribution in [0.2, 0.25) is 0 Å². The zero-order valence-corrected chi connectivity index (χ0v) is 18.0. The van der Waals surface area contributed by atoms with Gasteiger partial charge in [0.2, 0.25) is 5.91 Å². The van der Waals surface area contributed by atoms with Crippen LogP contribution in [0.15, 0.2) is 24.3 Å². The molecule has 1 saturated carbocycles. The van der Waals surface area contributed by atoms with Gasteiger partial charge in [-0.25, -0.2) is 4.39 Å². The molecule has 3 rings (SSSR count). The van der Waals surface area contributed by atoms with Gasteiger partial charge in [-0.2, -0.15) is 0 Å². The van der Waals surface area contributed by atoms with E-state index in [9.17, 15) is 9.18 Å². The normalized spacial score (nSPS) is 19.7. The molecule has 1 saturated heterocycles. The SMILES string of the molecule is O=C(CN1CCCN(C(=S)NC2CCCCCCC2)CC1)Nc1ccc(F)cc1. The van der Waals surface area contributed by atoms with Crippen LogP contribution >= 0.6 is 12.2 Å². The van der Waals surface area contributed by atoms with E-state index in [1.807, 2.05) is 0 Å². The van der Waals surface area contributed by atoms with Gasteiger partial charge in [0.1, 0.15) is 5.82 Å². The molecule has 0 radical (unpaired) electrons. The van der Waals surface area contributed by atoms with Crippen LogP contribution in [-0.4, -0.2) is 59.6 Å². The number of nitrogens with zero attached hydrogens (tertiary/aromatic N) is 2. The lowest BCUT2D eigenvalue weighted by Crippen LogP contribution is -2.46. The summed E-state index contributed by atoms with van der Waals surface area (Å²) in [6.07, 6.45) is 10.0. The van der Waals surface area contributed by atoms with Crippen molar-refractivity contribution in [1.29, 1.82) is 0 Å². The molecular weight excluding hydrogens is 387 g/mol. The summed E-state index contributed by atoms with van der Waals surface area (Å²) in [5, 5.41) is 7.31. The summed E-state index contributed by atoms with van der Waals surface area (Å²) < 4.78 is 13.0. The van der Waals surface area contributed by atoms with Crippen LogP contribution in [0.4, 0.5) is 10.1 Å². The van der Waals surface area contributed by atoms with E-state index in [1.165, 1.54) is 57.1 Å². The first kappa shape index (κ1) is 22.0. The van der Waals surface area contributed by atoms with E-state index in [2.05, 4.69) is 20.4 Å². The Morgan fingerprint density at radius 1 is 0.966 bits per heavy atom. The highest BCUT2D eigenvalue weighted by molar-refractivity contribution is 7.80. The Balaban J connectivity index is 1.42. The lowest BCUT2D eigenvalue weighted by molar-refractivity contribution is -0.117. The topological polar surface area (TPSA) is 47.6 Å². The molecule has 0 aromatic heterocycles. The second kappa shape index (κ2) is 11.5. The predicted molar refractivity (Wildman–Crippen MR) is 120 cm³/mol. The van der Waals surface area contributed by atoms with Gasteiger partial charge in [-0.1, -0.05) is 32.1 Å². The van der Waals surface area contributed by atoms with E-state index in [4.69, 9.17) is 12.2 Å². The van der Waals surface area contributed by atoms with Crippen LogP contribution in [-0.2, 0) is 4.79 Å². The molecule has 0 bridgehead atoms. The van der Waals surface area contributed by atoms with Gasteiger partial charge in [-0.15, -0.1) is 0 Å². The van der Waals surface area contributed by atoms with Gasteiger partial charge in [0, 0.05) is 37.9 Å². The Kier molecular flexibility index (Phi) is 8.68. The standard InChI is InChI=1S/C22H33FN4OS/c23-18-9-11-20(12-10-18)24-21(28)17-26-13-6-14-27(16-15-26)22(29)25-19-7-4-2-1-3-5-8-19/h9-12,19H,1-8,13-17H2,(H,24,28)(H,25,29). The minimum Gasteiger partial charge on any atom is -0.360 e. The van der Waals surface area contributed by atoms with Crippen molar-refractivity contribution in [2.75, 3.05) is 38.0 Å². The largest absolute Gasteiger partial charge is 0.360 e. The molecule has 7 heteroatoms. The average Bonchev–Trinajstić information content (AvgIpc) is 2.91. The molecule has 5 nitrogen and oxygen atoms in total. The van der Waals surface area contributed by atoms with Gasteiger partial charge in [0.15, 0.2) is 5.11 Å². The molecule has 1 heterocycles. The second-order valence-electron chi connectivity index (χ2n) is 8.16. The molecule has 0 unspecified atom stereocenters. The molecular formula is C22H33FN4OS. The summed E-state index contributed by atoms with van der Waals surface area (Å²) >= 11 is 5.70. The van der Waals surface area contributed by atoms with Crippen molar-refractivity contribution >= 4 is 28.9 Å². The third kappa shape index (κ3) is 7.55. The molecule has 2 aliphatic rings. The Hall–Kier alpha value is -1.73. The van der Waals surface area contributed by atoms with Crippen LogP contribution in [0.1, 0.15) is 51.4 Å². The second-order valence-corrected chi connectivity index (χ2v) is 8.55. The van der Waals surface area contributed by atoms with Gasteiger partial charge in [0.05, 0.1) is 6.54 Å². The predicted octanol–water partition coefficient (Wildman–Crippen LogP) is 3.76. The first-order valence-corrected chi connectivity index (χ1v) is 11.3. The van der Waals surface area contributed by atoms with Gasteiger partial charge >= 0.3 is 0 Å². The van der Waals surface area contributed by atoms with Crippen LogP contribution in [0.25, 0.3) is 0 Å². The zero-order chi connectivity index (χ0) is 20.5. The summed E-state index contributed by atoms with van der Waals surface area (Å²) in [6.45, 7) is 3.79. The molecule has 1 aromatic carbocycles. The summed E-state index contributed by atoms with van der Waals surface area (Å²) in [5.74, 6) is -0.375. The van der Waals surface area contributed by atoms with Crippen LogP contribution in [0.5, 0.6) is 0 Å². The van der Waals surface area contributed by atoms with E-state index >= 15 is 0 Å². The van der Waals surface area contributed by atoms with Crippen molar-refractivity contribution in [2.24, 2.45) is 0 Å². The van der Waals surface area contributed by atoms with Crippen molar-refractivity contribution in [2.45, 2.75) is 57.4 Å². The fraction of sp³-hybridized carbons (Fsp3) is 0.636. The van der Waals surface area contributed by atoms with Crippen molar-refractivity contribution in [3.63, 3.8) is 0 Å². The molecule has 2 N–H and O–H groups in total. The molecule has 0 spiro atoms. The number of halogens is 1. The van der Waals surface area contributed by atoms with Gasteiger partial charge in [-0.3, -0.25) is 9.69 Å². The van der Waals surface area contributed by atoms with E-state index in [0.717, 1.165) is 37.7 Å². The number of benzene rings is 1. The Morgan fingerprint density at radius 3 is 2.38 bits per heavy atom. The van der Waals surface area contributed by atoms with Gasteiger partial charge in [-0.05, 0) is 55.7 Å². The Labute approximate surface area is 179 Å². The lowest BCUT2D eigenvalue weighted by Gasteiger charge is -2.29. The summed E-state index contributed by atoms with van der Waals surface area (Å²) in [6, 6.07) is 6.37. The number of rotatable bonds is 4. The maximum Gasteiger partial charge on any atom is 0.238 e. The quantitative estimate of drug-likeness (QED) is 0.727. The molecule has 1 aromatic rings. The van der Waals surface area contributed by atoms with E-state index < -0.39 is 0 Å². The number of thiocarbonyl (C=S) groups is 1. The van der Waals surface area contributed by atoms with Crippen molar-refractivity contribution in [3.05, 3.63) is 30.1 Å². The highest BCUT2D eigenvalue weighted by Gasteiger charge is 2.20. The third-order valence-electron chi connectivity index (χ3n) is 5.80. The number of carbonyl (C=O) groups is 1. The minimum atomic E-state index is -0.306. The minimum absolute atomic E-state index is 0.0692. The van der Waals surface area contributed by atoms with E-state index in [1.54, 1.807) is 12.1 Å². The smallest absolute Gasteiger partial charge is 0.238 e. The highest BCUT2D eigenvalue weighted by Crippen LogP contribution is 2.17. The van der Waals surface area contributed by atoms with E-state index in [-0.39, 0.29) is 11.7 Å². The van der Waals surface area contributed by atoms with Crippen LogP contribution in [0.3, 0.4) is 0 Å². The first-order valence-electron chi connectivity index (χ1n) is 10.9. The van der Waals surface area contributed by atoms with Crippen LogP contribution in [0, 0.1) is 5.82 Å². The fourth-order valence-electron chi connectivity index (χ4n) is 4.14. The number of anilines is 1. The molecule has 1 amide bonds. The Morgan fingerprint density at radius 2 is 1.66 bits per heavy atom. The first-order chi connectivity index (χ1) is 14.1. The molecule has 160 valence electrons. The fourth-order valence-corrected chi connectivity index (χ4v) is 4.48. The maximum absolute atomic E-state index is 13.0. The van der Waals surface area contributed by atoms with Crippen LogP contribution < -0.4 is 10.6 Å². The summed E-state index contributed by atoms with van der Waals surface area (Å²) in [5.41, 5.74) is 0.623. The summed E-state index contributed by atoms with van der Waals surface area (Å²) in [7, 11) is 0. The molecule has 1 aliphatic carbocycles. The highest BCUT2D eigenvalue weighted by atomic mass is 32.1. The molecule has 2 fully saturated rings. The van der Waals surface area contributed by atoms with E-state index in [0.29, 0.717) is 18.3 Å². The molecule has 0 atom stereocenters. The van der Waals surface area contributed by atoms with Gasteiger partial charge in [0.25, 0.3) is 0 Å². The number of hydrogen-bond acceptors (Lipinski definition) is 3. The molecule has 29 heavy (non-hydrogen) atoms.